The van der Waals surface area contributed by atoms with Crippen LogP contribution >= 0.6 is 0 Å². The minimum atomic E-state index is 0.00489. The van der Waals surface area contributed by atoms with Gasteiger partial charge in [0.2, 0.25) is 5.91 Å². The highest BCUT2D eigenvalue weighted by Gasteiger charge is 2.39. The molecule has 0 unspecified atom stereocenters. The van der Waals surface area contributed by atoms with Gasteiger partial charge >= 0.3 is 0 Å². The van der Waals surface area contributed by atoms with Crippen LogP contribution in [-0.4, -0.2) is 72.8 Å². The van der Waals surface area contributed by atoms with E-state index in [2.05, 4.69) is 9.88 Å². The molecule has 4 heterocycles. The normalized spacial score (nSPS) is 28.6. The molecule has 0 N–H and O–H groups in total. The van der Waals surface area contributed by atoms with Gasteiger partial charge in [-0.25, -0.2) is 0 Å². The Bertz CT molecular complexity index is 591. The van der Waals surface area contributed by atoms with Gasteiger partial charge < -0.3 is 19.3 Å². The van der Waals surface area contributed by atoms with Crippen LogP contribution in [-0.2, 0) is 20.8 Å². The number of rotatable bonds is 4. The maximum absolute atomic E-state index is 13.1. The Balaban J connectivity index is 1.35. The lowest BCUT2D eigenvalue weighted by molar-refractivity contribution is -0.139. The zero-order valence-corrected chi connectivity index (χ0v) is 15.4. The molecule has 6 nitrogen and oxygen atoms in total. The van der Waals surface area contributed by atoms with Crippen molar-refractivity contribution in [2.45, 2.75) is 31.9 Å². The van der Waals surface area contributed by atoms with Crippen molar-refractivity contribution >= 4 is 5.91 Å². The smallest absolute Gasteiger partial charge is 0.228 e. The number of fused-ring (bicyclic) bond motifs is 1. The molecule has 4 rings (SSSR count). The molecule has 0 saturated carbocycles. The van der Waals surface area contributed by atoms with Crippen LogP contribution in [0.5, 0.6) is 0 Å². The van der Waals surface area contributed by atoms with Gasteiger partial charge in [0.15, 0.2) is 0 Å². The highest BCUT2D eigenvalue weighted by atomic mass is 16.5. The molecule has 0 bridgehead atoms. The summed E-state index contributed by atoms with van der Waals surface area (Å²) in [6.45, 7) is 6.74. The molecule has 3 aliphatic heterocycles. The first-order valence-corrected chi connectivity index (χ1v) is 9.89. The number of pyridine rings is 1. The van der Waals surface area contributed by atoms with Gasteiger partial charge in [-0.15, -0.1) is 0 Å². The van der Waals surface area contributed by atoms with E-state index < -0.39 is 0 Å². The molecule has 2 atom stereocenters. The van der Waals surface area contributed by atoms with Gasteiger partial charge in [0.05, 0.1) is 18.6 Å². The number of amides is 1. The lowest BCUT2D eigenvalue weighted by atomic mass is 9.90. The number of carbonyl (C=O) groups is 1. The van der Waals surface area contributed by atoms with Gasteiger partial charge in [-0.3, -0.25) is 9.78 Å². The van der Waals surface area contributed by atoms with Crippen molar-refractivity contribution in [3.05, 3.63) is 30.1 Å². The molecule has 6 heteroatoms. The predicted octanol–water partition coefficient (Wildman–Crippen LogP) is 1.56. The molecule has 1 amide bonds. The van der Waals surface area contributed by atoms with Crippen LogP contribution in [0.4, 0.5) is 0 Å². The fraction of sp³-hybridized carbons (Fsp3) is 0.700. The Kier molecular flexibility index (Phi) is 5.82. The summed E-state index contributed by atoms with van der Waals surface area (Å²) in [6.07, 6.45) is 6.82. The summed E-state index contributed by atoms with van der Waals surface area (Å²) >= 11 is 0. The topological polar surface area (TPSA) is 54.9 Å². The maximum atomic E-state index is 13.1. The second-order valence-electron chi connectivity index (χ2n) is 7.73. The average molecular weight is 359 g/mol. The number of carbonyl (C=O) groups excluding carboxylic acids is 1. The highest BCUT2D eigenvalue weighted by molar-refractivity contribution is 5.80. The molecule has 26 heavy (non-hydrogen) atoms. The standard InChI is InChI=1S/C20H29N3O3/c24-20-18-3-8-22(13-17-4-10-25-11-5-17)15-19(18)26-12-9-23(20)14-16-1-6-21-7-2-16/h1-2,6-7,17-19H,3-5,8-15H2/t18-,19+/m1/s1. The van der Waals surface area contributed by atoms with E-state index in [9.17, 15) is 4.79 Å². The number of likely N-dealkylation sites (tertiary alicyclic amines) is 1. The first-order chi connectivity index (χ1) is 12.8. The van der Waals surface area contributed by atoms with Gasteiger partial charge in [-0.2, -0.15) is 0 Å². The second kappa shape index (κ2) is 8.46. The van der Waals surface area contributed by atoms with Gasteiger partial charge in [0, 0.05) is 51.8 Å². The number of hydrogen-bond acceptors (Lipinski definition) is 5. The van der Waals surface area contributed by atoms with Crippen LogP contribution in [0.2, 0.25) is 0 Å². The third-order valence-electron chi connectivity index (χ3n) is 5.95. The number of piperidine rings is 1. The van der Waals surface area contributed by atoms with Gasteiger partial charge in [-0.1, -0.05) is 0 Å². The Labute approximate surface area is 155 Å². The molecule has 3 fully saturated rings. The zero-order chi connectivity index (χ0) is 17.8. The Hall–Kier alpha value is -1.50. The Morgan fingerprint density at radius 1 is 1.08 bits per heavy atom. The molecule has 3 aliphatic rings. The van der Waals surface area contributed by atoms with Crippen LogP contribution in [0.3, 0.4) is 0 Å². The van der Waals surface area contributed by atoms with Crippen molar-refractivity contribution in [2.24, 2.45) is 11.8 Å². The van der Waals surface area contributed by atoms with E-state index in [0.29, 0.717) is 19.7 Å². The van der Waals surface area contributed by atoms with Crippen LogP contribution < -0.4 is 0 Å². The van der Waals surface area contributed by atoms with E-state index in [1.54, 1.807) is 12.4 Å². The number of aromatic nitrogens is 1. The second-order valence-corrected chi connectivity index (χ2v) is 7.73. The highest BCUT2D eigenvalue weighted by Crippen LogP contribution is 2.27. The molecular formula is C20H29N3O3. The van der Waals surface area contributed by atoms with Crippen molar-refractivity contribution in [2.75, 3.05) is 46.0 Å². The maximum Gasteiger partial charge on any atom is 0.228 e. The average Bonchev–Trinajstić information content (AvgIpc) is 2.83. The monoisotopic (exact) mass is 359 g/mol. The van der Waals surface area contributed by atoms with Crippen LogP contribution in [0.25, 0.3) is 0 Å². The van der Waals surface area contributed by atoms with Crippen LogP contribution in [0, 0.1) is 11.8 Å². The third-order valence-corrected chi connectivity index (χ3v) is 5.95. The Morgan fingerprint density at radius 2 is 1.88 bits per heavy atom. The van der Waals surface area contributed by atoms with E-state index in [1.165, 1.54) is 0 Å². The van der Waals surface area contributed by atoms with Crippen LogP contribution in [0.1, 0.15) is 24.8 Å². The zero-order valence-electron chi connectivity index (χ0n) is 15.4. The summed E-state index contributed by atoms with van der Waals surface area (Å²) < 4.78 is 11.6. The summed E-state index contributed by atoms with van der Waals surface area (Å²) in [4.78, 5) is 21.6. The van der Waals surface area contributed by atoms with E-state index in [-0.39, 0.29) is 17.9 Å². The quantitative estimate of drug-likeness (QED) is 0.817. The molecule has 1 aromatic rings. The molecular weight excluding hydrogens is 330 g/mol. The summed E-state index contributed by atoms with van der Waals surface area (Å²) in [7, 11) is 0. The number of ether oxygens (including phenoxy) is 2. The molecule has 0 radical (unpaired) electrons. The lowest BCUT2D eigenvalue weighted by Crippen LogP contribution is -2.50. The van der Waals surface area contributed by atoms with Crippen molar-refractivity contribution in [3.8, 4) is 0 Å². The minimum absolute atomic E-state index is 0.00489. The lowest BCUT2D eigenvalue weighted by Gasteiger charge is -2.39. The SMILES string of the molecule is O=C1[C@@H]2CCN(CC3CCOCC3)C[C@@H]2OCCN1Cc1ccncc1. The van der Waals surface area contributed by atoms with Gasteiger partial charge in [0.1, 0.15) is 0 Å². The molecule has 0 aromatic carbocycles. The van der Waals surface area contributed by atoms with Gasteiger partial charge in [-0.05, 0) is 49.4 Å². The molecule has 0 spiro atoms. The summed E-state index contributed by atoms with van der Waals surface area (Å²) in [5, 5.41) is 0. The van der Waals surface area contributed by atoms with Crippen molar-refractivity contribution in [1.82, 2.24) is 14.8 Å². The van der Waals surface area contributed by atoms with E-state index in [1.807, 2.05) is 17.0 Å². The van der Waals surface area contributed by atoms with E-state index in [4.69, 9.17) is 9.47 Å². The minimum Gasteiger partial charge on any atom is -0.381 e. The summed E-state index contributed by atoms with van der Waals surface area (Å²) in [5.74, 6) is 0.991. The fourth-order valence-corrected chi connectivity index (χ4v) is 4.42. The first-order valence-electron chi connectivity index (χ1n) is 9.89. The molecule has 1 aromatic heterocycles. The molecule has 142 valence electrons. The molecule has 0 aliphatic carbocycles. The van der Waals surface area contributed by atoms with Crippen molar-refractivity contribution in [1.29, 1.82) is 0 Å². The number of hydrogen-bond donors (Lipinski definition) is 0. The number of nitrogens with zero attached hydrogens (tertiary/aromatic N) is 3. The fourth-order valence-electron chi connectivity index (χ4n) is 4.42. The molecule has 3 saturated heterocycles. The summed E-state index contributed by atoms with van der Waals surface area (Å²) in [6, 6.07) is 3.96. The largest absolute Gasteiger partial charge is 0.381 e. The first kappa shape index (κ1) is 17.9. The van der Waals surface area contributed by atoms with Crippen molar-refractivity contribution < 1.29 is 14.3 Å². The predicted molar refractivity (Wildman–Crippen MR) is 97.5 cm³/mol. The van der Waals surface area contributed by atoms with Crippen molar-refractivity contribution in [3.63, 3.8) is 0 Å². The van der Waals surface area contributed by atoms with E-state index >= 15 is 0 Å². The van der Waals surface area contributed by atoms with Crippen LogP contribution in [0.15, 0.2) is 24.5 Å². The third kappa shape index (κ3) is 4.24. The summed E-state index contributed by atoms with van der Waals surface area (Å²) in [5.41, 5.74) is 1.13. The van der Waals surface area contributed by atoms with E-state index in [0.717, 1.165) is 63.6 Å². The van der Waals surface area contributed by atoms with Gasteiger partial charge in [0.25, 0.3) is 0 Å². The Morgan fingerprint density at radius 3 is 2.69 bits per heavy atom.